The normalized spacial score (nSPS) is 24.6. The van der Waals surface area contributed by atoms with E-state index >= 15 is 0 Å². The molecule has 5 amide bonds. The lowest BCUT2D eigenvalue weighted by molar-refractivity contribution is -0.164. The van der Waals surface area contributed by atoms with Crippen LogP contribution >= 0.6 is 11.6 Å². The molecule has 13 nitrogen and oxygen atoms in total. The molecule has 1 saturated carbocycles. The van der Waals surface area contributed by atoms with Crippen LogP contribution in [0.3, 0.4) is 0 Å². The topological polar surface area (TPSA) is 155 Å². The summed E-state index contributed by atoms with van der Waals surface area (Å²) in [6, 6.07) is 19.1. The Bertz CT molecular complexity index is 2240. The smallest absolute Gasteiger partial charge is 0.262 e. The SMILES string of the molecule is CC1(CN2CCN(c3ccc(C(=O)N[C@H]4C(C)(C)[C@H](Oc5ccc(C#N)c(Cl)c5)C4(C)C)cc3)CC2)CN(c2ccc3c(c2)C(=O)N(C2CCC(=O)NC2=O)C3=O)C1. The second kappa shape index (κ2) is 14.4. The molecule has 14 heteroatoms. The Kier molecular flexibility index (Phi) is 9.80. The molecule has 8 rings (SSSR count). The first-order valence-corrected chi connectivity index (χ1v) is 20.2. The van der Waals surface area contributed by atoms with E-state index in [4.69, 9.17) is 16.3 Å². The molecule has 1 unspecified atom stereocenters. The lowest BCUT2D eigenvalue weighted by Crippen LogP contribution is -2.74. The Hall–Kier alpha value is -5.45. The van der Waals surface area contributed by atoms with Gasteiger partial charge in [-0.1, -0.05) is 46.2 Å². The molecule has 1 aliphatic carbocycles. The molecule has 0 bridgehead atoms. The number of nitrogens with zero attached hydrogens (tertiary/aromatic N) is 5. The van der Waals surface area contributed by atoms with E-state index in [9.17, 15) is 29.2 Å². The predicted molar refractivity (Wildman–Crippen MR) is 218 cm³/mol. The number of imide groups is 2. The van der Waals surface area contributed by atoms with Crippen LogP contribution in [0.4, 0.5) is 11.4 Å². The Morgan fingerprint density at radius 2 is 1.52 bits per heavy atom. The van der Waals surface area contributed by atoms with Gasteiger partial charge in [-0.25, -0.2) is 0 Å². The minimum Gasteiger partial charge on any atom is -0.489 e. The van der Waals surface area contributed by atoms with Crippen molar-refractivity contribution in [3.63, 3.8) is 0 Å². The zero-order valence-corrected chi connectivity index (χ0v) is 34.2. The van der Waals surface area contributed by atoms with Crippen molar-refractivity contribution in [3.05, 3.63) is 87.9 Å². The van der Waals surface area contributed by atoms with E-state index in [0.29, 0.717) is 27.5 Å². The fourth-order valence-corrected chi connectivity index (χ4v) is 10.4. The number of rotatable bonds is 9. The van der Waals surface area contributed by atoms with E-state index in [1.165, 1.54) is 0 Å². The summed E-state index contributed by atoms with van der Waals surface area (Å²) >= 11 is 6.25. The molecule has 4 fully saturated rings. The van der Waals surface area contributed by atoms with E-state index in [1.807, 2.05) is 30.3 Å². The fraction of sp³-hybridized carbons (Fsp3) is 0.455. The van der Waals surface area contributed by atoms with Crippen LogP contribution in [0, 0.1) is 27.6 Å². The molecular formula is C44H48ClN7O6. The van der Waals surface area contributed by atoms with E-state index in [1.54, 1.807) is 30.3 Å². The summed E-state index contributed by atoms with van der Waals surface area (Å²) in [6.45, 7) is 16.7. The van der Waals surface area contributed by atoms with Gasteiger partial charge in [-0.15, -0.1) is 0 Å². The largest absolute Gasteiger partial charge is 0.489 e. The fourth-order valence-electron chi connectivity index (χ4n) is 10.2. The summed E-state index contributed by atoms with van der Waals surface area (Å²) in [5, 5.41) is 15.1. The van der Waals surface area contributed by atoms with Gasteiger partial charge in [0.1, 0.15) is 24.0 Å². The van der Waals surface area contributed by atoms with Gasteiger partial charge in [0.05, 0.1) is 21.7 Å². The lowest BCUT2D eigenvalue weighted by atomic mass is 9.49. The number of carbonyl (C=O) groups excluding carboxylic acids is 5. The average molecular weight is 806 g/mol. The number of carbonyl (C=O) groups is 5. The van der Waals surface area contributed by atoms with Gasteiger partial charge in [0.25, 0.3) is 17.7 Å². The third-order valence-corrected chi connectivity index (χ3v) is 13.1. The van der Waals surface area contributed by atoms with Crippen molar-refractivity contribution in [2.45, 2.75) is 65.6 Å². The summed E-state index contributed by atoms with van der Waals surface area (Å²) < 4.78 is 6.38. The van der Waals surface area contributed by atoms with Crippen molar-refractivity contribution in [1.82, 2.24) is 20.4 Å². The van der Waals surface area contributed by atoms with Crippen molar-refractivity contribution in [2.75, 3.05) is 55.6 Å². The van der Waals surface area contributed by atoms with Crippen LogP contribution < -0.4 is 25.2 Å². The van der Waals surface area contributed by atoms with Gasteiger partial charge in [-0.3, -0.25) is 39.1 Å². The number of fused-ring (bicyclic) bond motifs is 1. The lowest BCUT2D eigenvalue weighted by Gasteiger charge is -2.63. The number of hydrogen-bond acceptors (Lipinski definition) is 10. The molecule has 0 spiro atoms. The van der Waals surface area contributed by atoms with Crippen molar-refractivity contribution in [2.24, 2.45) is 16.2 Å². The number of piperidine rings is 1. The Morgan fingerprint density at radius 1 is 0.862 bits per heavy atom. The highest BCUT2D eigenvalue weighted by Gasteiger charge is 2.64. The van der Waals surface area contributed by atoms with E-state index < -0.39 is 29.7 Å². The number of nitrogens with one attached hydrogen (secondary N) is 2. The van der Waals surface area contributed by atoms with Crippen LogP contribution in [0.1, 0.15) is 84.1 Å². The molecule has 3 aromatic carbocycles. The van der Waals surface area contributed by atoms with Gasteiger partial charge in [0.2, 0.25) is 11.8 Å². The standard InChI is InChI=1S/C44H48ClN7O6/c1-42(2)40(43(3,4)41(42)58-30-12-8-27(22-46)33(45)21-30)48-36(54)26-6-9-28(10-7-26)50-18-16-49(17-19-50)23-44(5)24-51(25-44)29-11-13-31-32(20-29)39(57)52(38(31)56)34-14-15-35(53)47-37(34)55/h6-13,20-21,34,40-41H,14-19,23-25H2,1-5H3,(H,48,54)(H,47,53,55)/t34?,40-,41-. The molecule has 58 heavy (non-hydrogen) atoms. The number of amides is 5. The third-order valence-electron chi connectivity index (χ3n) is 12.8. The molecule has 5 aliphatic rings. The molecule has 4 aliphatic heterocycles. The van der Waals surface area contributed by atoms with Gasteiger partial charge < -0.3 is 19.9 Å². The number of ether oxygens (including phenoxy) is 1. The van der Waals surface area contributed by atoms with Crippen LogP contribution in [0.2, 0.25) is 5.02 Å². The van der Waals surface area contributed by atoms with Gasteiger partial charge >= 0.3 is 0 Å². The molecule has 3 saturated heterocycles. The van der Waals surface area contributed by atoms with Gasteiger partial charge in [-0.2, -0.15) is 5.26 Å². The van der Waals surface area contributed by atoms with E-state index in [0.717, 1.165) is 62.1 Å². The van der Waals surface area contributed by atoms with Gasteiger partial charge in [-0.05, 0) is 61.0 Å². The molecule has 0 radical (unpaired) electrons. The molecule has 3 aromatic rings. The monoisotopic (exact) mass is 805 g/mol. The van der Waals surface area contributed by atoms with Crippen LogP contribution in [0.25, 0.3) is 0 Å². The third kappa shape index (κ3) is 6.86. The molecule has 2 N–H and O–H groups in total. The summed E-state index contributed by atoms with van der Waals surface area (Å²) in [4.78, 5) is 72.1. The molecule has 302 valence electrons. The second-order valence-corrected chi connectivity index (χ2v) is 18.4. The van der Waals surface area contributed by atoms with Crippen LogP contribution in [0.15, 0.2) is 60.7 Å². The first kappa shape index (κ1) is 39.4. The number of anilines is 2. The van der Waals surface area contributed by atoms with Crippen molar-refractivity contribution >= 4 is 52.5 Å². The minimum atomic E-state index is -0.981. The van der Waals surface area contributed by atoms with E-state index in [-0.39, 0.29) is 52.7 Å². The molecule has 0 aromatic heterocycles. The first-order chi connectivity index (χ1) is 27.5. The maximum Gasteiger partial charge on any atom is 0.262 e. The van der Waals surface area contributed by atoms with Crippen molar-refractivity contribution in [1.29, 1.82) is 5.26 Å². The van der Waals surface area contributed by atoms with E-state index in [2.05, 4.69) is 66.0 Å². The number of nitriles is 1. The average Bonchev–Trinajstić information content (AvgIpc) is 3.43. The summed E-state index contributed by atoms with van der Waals surface area (Å²) in [7, 11) is 0. The summed E-state index contributed by atoms with van der Waals surface area (Å²) in [6.07, 6.45) is 0.0267. The maximum absolute atomic E-state index is 13.5. The number of piperazine rings is 1. The molecule has 1 atom stereocenters. The van der Waals surface area contributed by atoms with Crippen molar-refractivity contribution < 1.29 is 28.7 Å². The van der Waals surface area contributed by atoms with Gasteiger partial charge in [0, 0.05) is 97.5 Å². The summed E-state index contributed by atoms with van der Waals surface area (Å²) in [5.41, 5.74) is 2.86. The maximum atomic E-state index is 13.5. The number of benzene rings is 3. The Balaban J connectivity index is 0.809. The second-order valence-electron chi connectivity index (χ2n) is 18.0. The zero-order chi connectivity index (χ0) is 41.3. The minimum absolute atomic E-state index is 0.0574. The highest BCUT2D eigenvalue weighted by Crippen LogP contribution is 2.55. The highest BCUT2D eigenvalue weighted by atomic mass is 35.5. The van der Waals surface area contributed by atoms with Gasteiger partial charge in [0.15, 0.2) is 0 Å². The van der Waals surface area contributed by atoms with Crippen LogP contribution in [-0.2, 0) is 9.59 Å². The quantitative estimate of drug-likeness (QED) is 0.286. The molecular weight excluding hydrogens is 758 g/mol. The Labute approximate surface area is 343 Å². The summed E-state index contributed by atoms with van der Waals surface area (Å²) in [5.74, 6) is -1.54. The number of hydrogen-bond donors (Lipinski definition) is 2. The Morgan fingerprint density at radius 3 is 2.16 bits per heavy atom. The van der Waals surface area contributed by atoms with Crippen LogP contribution in [0.5, 0.6) is 5.75 Å². The molecule has 4 heterocycles. The number of halogens is 1. The zero-order valence-electron chi connectivity index (χ0n) is 33.4. The predicted octanol–water partition coefficient (Wildman–Crippen LogP) is 4.87. The van der Waals surface area contributed by atoms with Crippen LogP contribution in [-0.4, -0.2) is 103 Å². The highest BCUT2D eigenvalue weighted by molar-refractivity contribution is 6.31. The van der Waals surface area contributed by atoms with Crippen molar-refractivity contribution in [3.8, 4) is 11.8 Å². The first-order valence-electron chi connectivity index (χ1n) is 19.8.